The summed E-state index contributed by atoms with van der Waals surface area (Å²) in [5.41, 5.74) is 1.66. The molecule has 1 aliphatic heterocycles. The number of hydrogen-bond donors (Lipinski definition) is 1. The highest BCUT2D eigenvalue weighted by Crippen LogP contribution is 2.33. The molecule has 1 aliphatic rings. The van der Waals surface area contributed by atoms with E-state index in [9.17, 15) is 0 Å². The van der Waals surface area contributed by atoms with Gasteiger partial charge in [0.2, 0.25) is 0 Å². The molecule has 2 aromatic rings. The van der Waals surface area contributed by atoms with Gasteiger partial charge in [-0.05, 0) is 44.5 Å². The third kappa shape index (κ3) is 2.67. The molecule has 2 aromatic heterocycles. The van der Waals surface area contributed by atoms with Gasteiger partial charge in [0.15, 0.2) is 0 Å². The van der Waals surface area contributed by atoms with Gasteiger partial charge in [-0.25, -0.2) is 4.98 Å². The molecule has 0 bridgehead atoms. The van der Waals surface area contributed by atoms with Crippen LogP contribution in [0.5, 0.6) is 0 Å². The van der Waals surface area contributed by atoms with Crippen LogP contribution in [-0.2, 0) is 18.4 Å². The van der Waals surface area contributed by atoms with Gasteiger partial charge in [0.1, 0.15) is 0 Å². The number of aromatic nitrogens is 2. The highest BCUT2D eigenvalue weighted by molar-refractivity contribution is 7.11. The van der Waals surface area contributed by atoms with Crippen LogP contribution in [0.4, 0.5) is 0 Å². The molecule has 0 radical (unpaired) electrons. The van der Waals surface area contributed by atoms with Crippen molar-refractivity contribution < 1.29 is 0 Å². The first kappa shape index (κ1) is 13.8. The largest absolute Gasteiger partial charge is 0.329 e. The maximum atomic E-state index is 4.41. The summed E-state index contributed by atoms with van der Waals surface area (Å²) in [6, 6.07) is 4.51. The van der Waals surface area contributed by atoms with Gasteiger partial charge in [-0.15, -0.1) is 11.3 Å². The van der Waals surface area contributed by atoms with Gasteiger partial charge < -0.3 is 9.88 Å². The quantitative estimate of drug-likeness (QED) is 0.937. The lowest BCUT2D eigenvalue weighted by atomic mass is 9.78. The molecule has 108 valence electrons. The van der Waals surface area contributed by atoms with Crippen molar-refractivity contribution in [2.45, 2.75) is 45.1 Å². The Balaban J connectivity index is 1.82. The van der Waals surface area contributed by atoms with Gasteiger partial charge in [0.25, 0.3) is 0 Å². The number of nitrogens with one attached hydrogen (secondary N) is 1. The molecule has 3 nitrogen and oxygen atoms in total. The Labute approximate surface area is 125 Å². The minimum Gasteiger partial charge on any atom is -0.329 e. The summed E-state index contributed by atoms with van der Waals surface area (Å²) in [5, 5.41) is 3.45. The summed E-state index contributed by atoms with van der Waals surface area (Å²) < 4.78 is 2.34. The van der Waals surface area contributed by atoms with E-state index < -0.39 is 0 Å². The molecule has 1 N–H and O–H groups in total. The van der Waals surface area contributed by atoms with Crippen LogP contribution in [0.2, 0.25) is 0 Å². The summed E-state index contributed by atoms with van der Waals surface area (Å²) in [4.78, 5) is 7.31. The third-order valence-electron chi connectivity index (χ3n) is 4.43. The van der Waals surface area contributed by atoms with Gasteiger partial charge in [-0.2, -0.15) is 0 Å². The standard InChI is InChI=1S/C16H23N3S/c1-3-13-4-5-14(20-13)11-19-12-18-10-15(19)16(2)6-8-17-9-7-16/h4-5,10,12,17H,3,6-9,11H2,1-2H3. The number of nitrogens with zero attached hydrogens (tertiary/aromatic N) is 2. The van der Waals surface area contributed by atoms with Crippen LogP contribution in [-0.4, -0.2) is 22.6 Å². The van der Waals surface area contributed by atoms with Crippen LogP contribution >= 0.6 is 11.3 Å². The molecule has 0 saturated carbocycles. The summed E-state index contributed by atoms with van der Waals surface area (Å²) in [5.74, 6) is 0. The van der Waals surface area contributed by atoms with Gasteiger partial charge in [0, 0.05) is 27.1 Å². The first-order valence-corrected chi connectivity index (χ1v) is 8.32. The summed E-state index contributed by atoms with van der Waals surface area (Å²) in [6.07, 6.45) is 7.59. The monoisotopic (exact) mass is 289 g/mol. The lowest BCUT2D eigenvalue weighted by Gasteiger charge is -2.34. The third-order valence-corrected chi connectivity index (χ3v) is 5.64. The molecule has 3 heterocycles. The van der Waals surface area contributed by atoms with Crippen molar-refractivity contribution in [1.82, 2.24) is 14.9 Å². The molecule has 0 atom stereocenters. The van der Waals surface area contributed by atoms with Crippen molar-refractivity contribution in [2.75, 3.05) is 13.1 Å². The smallest absolute Gasteiger partial charge is 0.0951 e. The molecule has 4 heteroatoms. The molecule has 3 rings (SSSR count). The van der Waals surface area contributed by atoms with E-state index in [1.165, 1.54) is 28.3 Å². The zero-order chi connectivity index (χ0) is 14.0. The van der Waals surface area contributed by atoms with Crippen LogP contribution in [0.1, 0.15) is 42.1 Å². The summed E-state index contributed by atoms with van der Waals surface area (Å²) >= 11 is 1.92. The van der Waals surface area contributed by atoms with Crippen LogP contribution in [0.3, 0.4) is 0 Å². The first-order chi connectivity index (χ1) is 9.71. The fourth-order valence-corrected chi connectivity index (χ4v) is 4.01. The molecule has 0 aromatic carbocycles. The van der Waals surface area contributed by atoms with Gasteiger partial charge >= 0.3 is 0 Å². The van der Waals surface area contributed by atoms with E-state index in [4.69, 9.17) is 0 Å². The fourth-order valence-electron chi connectivity index (χ4n) is 3.05. The van der Waals surface area contributed by atoms with Crippen molar-refractivity contribution in [1.29, 1.82) is 0 Å². The molecular weight excluding hydrogens is 266 g/mol. The van der Waals surface area contributed by atoms with Gasteiger partial charge in [0.05, 0.1) is 12.9 Å². The molecule has 0 spiro atoms. The predicted molar refractivity (Wildman–Crippen MR) is 84.5 cm³/mol. The first-order valence-electron chi connectivity index (χ1n) is 7.50. The highest BCUT2D eigenvalue weighted by Gasteiger charge is 2.31. The summed E-state index contributed by atoms with van der Waals surface area (Å²) in [7, 11) is 0. The maximum absolute atomic E-state index is 4.41. The van der Waals surface area contributed by atoms with Crippen LogP contribution in [0.25, 0.3) is 0 Å². The second-order valence-electron chi connectivity index (χ2n) is 5.94. The average Bonchev–Trinajstić information content (AvgIpc) is 3.09. The highest BCUT2D eigenvalue weighted by atomic mass is 32.1. The number of piperidine rings is 1. The van der Waals surface area contributed by atoms with Crippen molar-refractivity contribution >= 4 is 11.3 Å². The van der Waals surface area contributed by atoms with E-state index in [2.05, 4.69) is 47.0 Å². The van der Waals surface area contributed by atoms with E-state index in [0.29, 0.717) is 0 Å². The number of rotatable bonds is 4. The van der Waals surface area contributed by atoms with Crippen molar-refractivity contribution in [2.24, 2.45) is 0 Å². The van der Waals surface area contributed by atoms with E-state index in [0.717, 1.165) is 26.1 Å². The van der Waals surface area contributed by atoms with E-state index >= 15 is 0 Å². The molecule has 0 aliphatic carbocycles. The predicted octanol–water partition coefficient (Wildman–Crippen LogP) is 3.20. The minimum absolute atomic E-state index is 0.270. The Kier molecular flexibility index (Phi) is 3.94. The Morgan fingerprint density at radius 2 is 2.05 bits per heavy atom. The van der Waals surface area contributed by atoms with Crippen LogP contribution in [0.15, 0.2) is 24.7 Å². The topological polar surface area (TPSA) is 29.9 Å². The molecule has 0 amide bonds. The van der Waals surface area contributed by atoms with E-state index in [-0.39, 0.29) is 5.41 Å². The zero-order valence-electron chi connectivity index (χ0n) is 12.4. The number of imidazole rings is 1. The van der Waals surface area contributed by atoms with Gasteiger partial charge in [-0.3, -0.25) is 0 Å². The van der Waals surface area contributed by atoms with Crippen molar-refractivity contribution in [3.63, 3.8) is 0 Å². The average molecular weight is 289 g/mol. The van der Waals surface area contributed by atoms with E-state index in [1.54, 1.807) is 0 Å². The van der Waals surface area contributed by atoms with Gasteiger partial charge in [-0.1, -0.05) is 13.8 Å². The number of hydrogen-bond acceptors (Lipinski definition) is 3. The lowest BCUT2D eigenvalue weighted by Crippen LogP contribution is -2.39. The molecule has 1 saturated heterocycles. The zero-order valence-corrected chi connectivity index (χ0v) is 13.2. The van der Waals surface area contributed by atoms with Crippen LogP contribution in [0, 0.1) is 0 Å². The SMILES string of the molecule is CCc1ccc(Cn2cncc2C2(C)CCNCC2)s1. The normalized spacial score (nSPS) is 18.3. The maximum Gasteiger partial charge on any atom is 0.0951 e. The molecule has 20 heavy (non-hydrogen) atoms. The summed E-state index contributed by atoms with van der Waals surface area (Å²) in [6.45, 7) is 7.78. The Bertz CT molecular complexity index is 564. The molecule has 0 unspecified atom stereocenters. The Hall–Kier alpha value is -1.13. The van der Waals surface area contributed by atoms with Crippen molar-refractivity contribution in [3.8, 4) is 0 Å². The number of thiophene rings is 1. The van der Waals surface area contributed by atoms with Crippen LogP contribution < -0.4 is 5.32 Å². The minimum atomic E-state index is 0.270. The molecule has 1 fully saturated rings. The second-order valence-corrected chi connectivity index (χ2v) is 7.19. The van der Waals surface area contributed by atoms with Crippen molar-refractivity contribution in [3.05, 3.63) is 40.1 Å². The Morgan fingerprint density at radius 3 is 2.75 bits per heavy atom. The Morgan fingerprint density at radius 1 is 1.30 bits per heavy atom. The second kappa shape index (κ2) is 5.70. The molecular formula is C16H23N3S. The van der Waals surface area contributed by atoms with E-state index in [1.807, 2.05) is 17.7 Å². The lowest BCUT2D eigenvalue weighted by molar-refractivity contribution is 0.319. The fraction of sp³-hybridized carbons (Fsp3) is 0.562. The number of aryl methyl sites for hydroxylation is 1.